The number of carbonyl (C=O) groups excluding carboxylic acids is 4. The molecular weight excluding hydrogens is 1820 g/mol. The van der Waals surface area contributed by atoms with E-state index in [0.29, 0.717) is 107 Å². The van der Waals surface area contributed by atoms with Crippen molar-refractivity contribution in [2.24, 2.45) is 9.81 Å². The Balaban J connectivity index is 0.000000138. The molecule has 0 spiro atoms. The SMILES string of the molecule is CC(=O)N1CC2CCCC(CC1=O)[S+]2c1ccc(C(C)(C)C)cc1.CC(C)(C)C(=O)OC1CC2CCCC(C1)[S+]2c1ccc(C(C)(C)C)cc1.CC(C)(C)c1ccc([S+]2C3CCCC2CC(=NS(C)(=O)=O)C3)cc1.CC(C)(C)c1ccc([S+]2C3CCCC2CC(=O)OC3)cc1.CC(C)(C)c1ccc([S+]2C3CCCC2CC(O)C3)cc1.COC1CC2CCCC(C1)[S+]2c1ccc(C(C)(C)C)cc1. The molecule has 12 aliphatic rings. The number of fused-ring (bicyclic) bond motifs is 12. The molecule has 1 N–H and O–H groups in total. The van der Waals surface area contributed by atoms with Crippen LogP contribution in [-0.4, -0.2) is 156 Å². The zero-order valence-corrected chi connectivity index (χ0v) is 93.3. The first-order valence-corrected chi connectivity index (χ1v) is 61.9. The van der Waals surface area contributed by atoms with Crippen LogP contribution in [0.15, 0.2) is 179 Å². The molecule has 0 radical (unpaired) electrons. The highest BCUT2D eigenvalue weighted by atomic mass is 32.2. The van der Waals surface area contributed by atoms with Crippen LogP contribution >= 0.6 is 0 Å². The number of aliphatic hydroxyl groups excluding tert-OH is 1. The molecule has 12 aliphatic heterocycles. The van der Waals surface area contributed by atoms with E-state index in [0.717, 1.165) is 78.1 Å². The first-order chi connectivity index (χ1) is 63.8. The number of cyclic esters (lactones) is 1. The zero-order valence-electron chi connectivity index (χ0n) is 87.6. The van der Waals surface area contributed by atoms with Crippen LogP contribution in [-0.2, 0) is 141 Å². The molecule has 14 unspecified atom stereocenters. The molecule has 0 saturated carbocycles. The van der Waals surface area contributed by atoms with Gasteiger partial charge in [0.1, 0.15) is 70.5 Å². The average Bonchev–Trinajstić information content (AvgIpc) is 1.69. The second kappa shape index (κ2) is 45.5. The molecule has 12 bridgehead atoms. The number of amides is 2. The number of methoxy groups -OCH3 is 1. The van der Waals surface area contributed by atoms with Crippen LogP contribution in [0.5, 0.6) is 0 Å². The van der Waals surface area contributed by atoms with Crippen molar-refractivity contribution >= 4 is 105 Å². The van der Waals surface area contributed by atoms with Gasteiger partial charge in [-0.1, -0.05) is 197 Å². The van der Waals surface area contributed by atoms with Gasteiger partial charge in [0.2, 0.25) is 21.8 Å². The maximum Gasteiger partial charge on any atom is 0.311 e. The van der Waals surface area contributed by atoms with Crippen molar-refractivity contribution in [2.45, 2.75) is 475 Å². The van der Waals surface area contributed by atoms with Crippen molar-refractivity contribution in [3.8, 4) is 0 Å². The van der Waals surface area contributed by atoms with Crippen molar-refractivity contribution in [1.29, 1.82) is 0 Å². The van der Waals surface area contributed by atoms with Gasteiger partial charge in [-0.15, -0.1) is 0 Å². The minimum absolute atomic E-state index is 0.00760. The van der Waals surface area contributed by atoms with E-state index in [-0.39, 0.29) is 101 Å². The smallest absolute Gasteiger partial charge is 0.311 e. The first-order valence-electron chi connectivity index (χ1n) is 52.0. The Morgan fingerprint density at radius 2 is 0.610 bits per heavy atom. The van der Waals surface area contributed by atoms with Crippen molar-refractivity contribution in [3.63, 3.8) is 0 Å². The molecule has 0 aliphatic carbocycles. The fraction of sp³-hybridized carbons (Fsp3) is 0.650. The van der Waals surface area contributed by atoms with Crippen LogP contribution in [0.4, 0.5) is 0 Å². The Labute approximate surface area is 840 Å². The Morgan fingerprint density at radius 3 is 0.897 bits per heavy atom. The largest absolute Gasteiger partial charge is 0.462 e. The number of rotatable bonds is 9. The molecule has 136 heavy (non-hydrogen) atoms. The Bertz CT molecular complexity index is 5030. The van der Waals surface area contributed by atoms with Gasteiger partial charge in [-0.2, -0.15) is 4.40 Å². The summed E-state index contributed by atoms with van der Waals surface area (Å²) in [6.07, 6.45) is 34.2. The molecular formula is C117H172N2O10S7+6. The number of ether oxygens (including phenoxy) is 3. The summed E-state index contributed by atoms with van der Waals surface area (Å²) in [5.41, 5.74) is 10.1. The predicted octanol–water partition coefficient (Wildman–Crippen LogP) is 25.9. The Morgan fingerprint density at radius 1 is 0.360 bits per heavy atom. The molecule has 0 aromatic heterocycles. The van der Waals surface area contributed by atoms with Crippen molar-refractivity contribution in [1.82, 2.24) is 4.90 Å². The summed E-state index contributed by atoms with van der Waals surface area (Å²) < 4.78 is 44.1. The third-order valence-corrected chi connectivity index (χ3v) is 49.5. The van der Waals surface area contributed by atoms with E-state index in [9.17, 15) is 32.7 Å². The number of imide groups is 1. The lowest BCUT2D eigenvalue weighted by molar-refractivity contribution is -0.159. The normalized spacial score (nSPS) is 30.1. The van der Waals surface area contributed by atoms with Crippen LogP contribution in [0.25, 0.3) is 0 Å². The molecule has 746 valence electrons. The summed E-state index contributed by atoms with van der Waals surface area (Å²) >= 11 is 0. The van der Waals surface area contributed by atoms with Gasteiger partial charge in [-0.05, 0) is 275 Å². The van der Waals surface area contributed by atoms with Gasteiger partial charge < -0.3 is 19.3 Å². The number of carbonyl (C=O) groups is 4. The van der Waals surface area contributed by atoms with Gasteiger partial charge in [0, 0.05) is 136 Å². The highest BCUT2D eigenvalue weighted by molar-refractivity contribution is 8.00. The third-order valence-electron chi connectivity index (χ3n) is 30.5. The fourth-order valence-corrected chi connectivity index (χ4v) is 43.7. The van der Waals surface area contributed by atoms with E-state index in [4.69, 9.17) is 14.2 Å². The molecule has 12 saturated heterocycles. The molecule has 19 heteroatoms. The Hall–Kier alpha value is -4.96. The highest BCUT2D eigenvalue weighted by Gasteiger charge is 2.56. The Kier molecular flexibility index (Phi) is 36.3. The summed E-state index contributed by atoms with van der Waals surface area (Å²) in [5.74, 6) is -0.106. The topological polar surface area (TPSA) is 166 Å². The standard InChI is InChI=1S/C23H35O2S.C20H28NO2S.C19H28NO2S2.C19H29OS.C18H25O2S.C18H27OS/c1-22(2,3)16-10-12-18(13-11-16)26-19-8-7-9-20(26)15-17(14-19)25-21(24)23(4,5)6;1-14(22)21-13-18-7-5-6-17(12-19(21)23)24(18)16-10-8-15(9-11-16)20(2,3)4;1-19(2,3)14-8-10-16(11-9-14)23-17-6-5-7-18(23)13-15(12-17)20-24(4,21)22;1-19(2,3)14-8-10-16(11-9-14)21-17-6-5-7-18(21)13-15(12-17)20-4;1-18(2,3)13-7-9-14(10-8-13)21-15-5-4-6-16(21)12-20-17(19)11-15;1-18(2,3)13-7-9-15(10-8-13)20-16-5-4-6-17(20)12-14(19)11-16/h10-13,17,19-20H,7-9,14-15H2,1-6H3;2*8-11,17-18H,5-7,12-13H2,1-4H3;8-11,15,17-18H,5-7,12-13H2,1-4H3;7-10,15-16H,4-6,11-12H2,1-3H3;7-10,14,16-17,19H,4-6,11-12H2,1-3H3/q6*+1. The number of sulfonamides is 1. The monoisotopic (exact) mass is 1990 g/mol. The minimum atomic E-state index is -3.27. The van der Waals surface area contributed by atoms with Gasteiger partial charge in [0.15, 0.2) is 34.6 Å². The number of benzene rings is 6. The maximum absolute atomic E-state index is 12.5. The summed E-state index contributed by atoms with van der Waals surface area (Å²) in [6, 6.07) is 55.7. The van der Waals surface area contributed by atoms with Crippen LogP contribution in [0.3, 0.4) is 0 Å². The lowest BCUT2D eigenvalue weighted by Crippen LogP contribution is -2.47. The number of esters is 2. The molecule has 12 heterocycles. The average molecular weight is 1990 g/mol. The van der Waals surface area contributed by atoms with Gasteiger partial charge >= 0.3 is 11.9 Å². The number of nitrogens with zero attached hydrogens (tertiary/aromatic N) is 2. The van der Waals surface area contributed by atoms with E-state index in [2.05, 4.69) is 275 Å². The van der Waals surface area contributed by atoms with E-state index < -0.39 is 15.4 Å². The quantitative estimate of drug-likeness (QED) is 0.109. The van der Waals surface area contributed by atoms with E-state index in [1.165, 1.54) is 187 Å². The van der Waals surface area contributed by atoms with Crippen LogP contribution < -0.4 is 0 Å². The number of hydrogen-bond donors (Lipinski definition) is 1. The summed E-state index contributed by atoms with van der Waals surface area (Å²) in [5, 5.41) is 17.6. The van der Waals surface area contributed by atoms with Crippen molar-refractivity contribution in [3.05, 3.63) is 179 Å². The third kappa shape index (κ3) is 28.4. The molecule has 6 aromatic carbocycles. The van der Waals surface area contributed by atoms with Gasteiger partial charge in [-0.25, -0.2) is 8.42 Å². The lowest BCUT2D eigenvalue weighted by atomic mass is 9.87. The van der Waals surface area contributed by atoms with E-state index >= 15 is 0 Å². The summed E-state index contributed by atoms with van der Waals surface area (Å²) in [6.45, 7) is 49.3. The van der Waals surface area contributed by atoms with Crippen LogP contribution in [0, 0.1) is 5.41 Å². The molecule has 18 rings (SSSR count). The first kappa shape index (κ1) is 108. The molecule has 6 aromatic rings. The van der Waals surface area contributed by atoms with E-state index in [1.54, 1.807) is 9.79 Å². The molecule has 12 fully saturated rings. The number of hydrogen-bond acceptors (Lipinski definition) is 10. The van der Waals surface area contributed by atoms with Crippen molar-refractivity contribution in [2.75, 3.05) is 26.5 Å². The molecule has 2 amide bonds. The van der Waals surface area contributed by atoms with Crippen LogP contribution in [0.2, 0.25) is 0 Å². The van der Waals surface area contributed by atoms with Crippen LogP contribution in [0.1, 0.15) is 365 Å². The van der Waals surface area contributed by atoms with Gasteiger partial charge in [0.25, 0.3) is 0 Å². The second-order valence-corrected chi connectivity index (χ2v) is 65.5. The molecule has 14 atom stereocenters. The van der Waals surface area contributed by atoms with Gasteiger partial charge in [-0.3, -0.25) is 24.1 Å². The number of aliphatic hydroxyl groups is 1. The van der Waals surface area contributed by atoms with E-state index in [1.807, 2.05) is 27.9 Å². The summed E-state index contributed by atoms with van der Waals surface area (Å²) in [7, 11) is 0.260. The van der Waals surface area contributed by atoms with Gasteiger partial charge in [0.05, 0.1) is 43.3 Å². The fourth-order valence-electron chi connectivity index (χ4n) is 23.0. The van der Waals surface area contributed by atoms with Crippen molar-refractivity contribution < 1.29 is 46.9 Å². The lowest BCUT2D eigenvalue weighted by Gasteiger charge is -2.38. The minimum Gasteiger partial charge on any atom is -0.462 e. The maximum atomic E-state index is 12.5. The molecule has 12 nitrogen and oxygen atoms in total. The highest BCUT2D eigenvalue weighted by Crippen LogP contribution is 2.50. The predicted molar refractivity (Wildman–Crippen MR) is 581 cm³/mol. The second-order valence-electron chi connectivity index (χ2n) is 48.5. The zero-order chi connectivity index (χ0) is 98.5. The summed E-state index contributed by atoms with van der Waals surface area (Å²) in [4.78, 5) is 58.8.